The third kappa shape index (κ3) is 2.09. The van der Waals surface area contributed by atoms with Gasteiger partial charge in [-0.25, -0.2) is 0 Å². The Kier molecular flexibility index (Phi) is 3.71. The molecule has 0 aromatic heterocycles. The van der Waals surface area contributed by atoms with Gasteiger partial charge in [0.25, 0.3) is 0 Å². The lowest BCUT2D eigenvalue weighted by molar-refractivity contribution is -0.127. The summed E-state index contributed by atoms with van der Waals surface area (Å²) in [6.07, 6.45) is 11.5. The van der Waals surface area contributed by atoms with Crippen molar-refractivity contribution in [2.75, 3.05) is 0 Å². The number of hydrogen-bond acceptors (Lipinski definition) is 3. The molecule has 24 heavy (non-hydrogen) atoms. The van der Waals surface area contributed by atoms with E-state index in [4.69, 9.17) is 5.21 Å². The Morgan fingerprint density at radius 2 is 1.92 bits per heavy atom. The van der Waals surface area contributed by atoms with E-state index in [-0.39, 0.29) is 10.8 Å². The highest BCUT2D eigenvalue weighted by molar-refractivity contribution is 5.96. The maximum Gasteiger partial charge on any atom is 0.133 e. The van der Waals surface area contributed by atoms with Gasteiger partial charge in [0.1, 0.15) is 5.78 Å². The standard InChI is InChI=1S/C21H31NO2/c1-13(23)17-6-7-18-16-5-4-14-12-15(22-24)8-10-20(14,2)19(16)9-11-21(17,18)3/h12,16-19,24H,4-11H2,1-3H3/b22-15+. The van der Waals surface area contributed by atoms with Gasteiger partial charge in [-0.3, -0.25) is 4.79 Å². The Balaban J connectivity index is 1.66. The van der Waals surface area contributed by atoms with Gasteiger partial charge in [0, 0.05) is 5.92 Å². The zero-order valence-corrected chi connectivity index (χ0v) is 15.3. The highest BCUT2D eigenvalue weighted by Crippen LogP contribution is 2.66. The Labute approximate surface area is 145 Å². The number of carbonyl (C=O) groups is 1. The van der Waals surface area contributed by atoms with Gasteiger partial charge in [0.2, 0.25) is 0 Å². The van der Waals surface area contributed by atoms with Crippen molar-refractivity contribution in [3.8, 4) is 0 Å². The first-order valence-electron chi connectivity index (χ1n) is 9.82. The minimum atomic E-state index is 0.247. The van der Waals surface area contributed by atoms with Crippen LogP contribution in [-0.2, 0) is 4.79 Å². The van der Waals surface area contributed by atoms with Crippen LogP contribution in [0, 0.1) is 34.5 Å². The molecule has 3 fully saturated rings. The van der Waals surface area contributed by atoms with E-state index >= 15 is 0 Å². The van der Waals surface area contributed by atoms with E-state index in [1.807, 2.05) is 6.92 Å². The first kappa shape index (κ1) is 16.4. The summed E-state index contributed by atoms with van der Waals surface area (Å²) in [6.45, 7) is 6.69. The van der Waals surface area contributed by atoms with Gasteiger partial charge >= 0.3 is 0 Å². The number of allylic oxidation sites excluding steroid dienone is 2. The molecule has 0 amide bonds. The molecule has 0 aliphatic heterocycles. The molecule has 0 heterocycles. The maximum absolute atomic E-state index is 12.2. The van der Waals surface area contributed by atoms with Crippen LogP contribution in [-0.4, -0.2) is 16.7 Å². The van der Waals surface area contributed by atoms with Gasteiger partial charge < -0.3 is 5.21 Å². The highest BCUT2D eigenvalue weighted by atomic mass is 16.4. The third-order valence-corrected chi connectivity index (χ3v) is 8.60. The third-order valence-electron chi connectivity index (χ3n) is 8.60. The number of fused-ring (bicyclic) bond motifs is 5. The Morgan fingerprint density at radius 1 is 1.12 bits per heavy atom. The largest absolute Gasteiger partial charge is 0.411 e. The van der Waals surface area contributed by atoms with E-state index in [9.17, 15) is 4.79 Å². The van der Waals surface area contributed by atoms with Crippen LogP contribution in [0.5, 0.6) is 0 Å². The number of oxime groups is 1. The SMILES string of the molecule is CC(=O)C1CCC2C3CCC4=C/C(=N/O)CCC4(C)C3CCC12C. The van der Waals surface area contributed by atoms with Crippen LogP contribution in [0.25, 0.3) is 0 Å². The number of hydrogen-bond donors (Lipinski definition) is 1. The maximum atomic E-state index is 12.2. The number of ketones is 1. The summed E-state index contributed by atoms with van der Waals surface area (Å²) in [4.78, 5) is 12.2. The molecular weight excluding hydrogens is 298 g/mol. The normalized spacial score (nSPS) is 49.1. The van der Waals surface area contributed by atoms with Crippen molar-refractivity contribution < 1.29 is 10.0 Å². The molecule has 0 spiro atoms. The molecule has 4 aliphatic carbocycles. The van der Waals surface area contributed by atoms with Crippen LogP contribution in [0.2, 0.25) is 0 Å². The van der Waals surface area contributed by atoms with Crippen LogP contribution < -0.4 is 0 Å². The van der Waals surface area contributed by atoms with Gasteiger partial charge in [0.05, 0.1) is 5.71 Å². The van der Waals surface area contributed by atoms with Crippen molar-refractivity contribution in [2.45, 2.75) is 72.1 Å². The van der Waals surface area contributed by atoms with Crippen molar-refractivity contribution >= 4 is 11.5 Å². The van der Waals surface area contributed by atoms with Crippen LogP contribution in [0.3, 0.4) is 0 Å². The zero-order chi connectivity index (χ0) is 17.1. The fourth-order valence-corrected chi connectivity index (χ4v) is 7.32. The summed E-state index contributed by atoms with van der Waals surface area (Å²) < 4.78 is 0. The lowest BCUT2D eigenvalue weighted by Gasteiger charge is -2.58. The molecule has 0 radical (unpaired) electrons. The molecule has 4 aliphatic rings. The minimum absolute atomic E-state index is 0.247. The molecule has 0 saturated heterocycles. The Hall–Kier alpha value is -1.12. The van der Waals surface area contributed by atoms with Crippen molar-refractivity contribution in [1.29, 1.82) is 0 Å². The predicted octanol–water partition coefficient (Wildman–Crippen LogP) is 4.98. The van der Waals surface area contributed by atoms with E-state index in [2.05, 4.69) is 25.1 Å². The minimum Gasteiger partial charge on any atom is -0.411 e. The summed E-state index contributed by atoms with van der Waals surface area (Å²) in [5.41, 5.74) is 2.91. The van der Waals surface area contributed by atoms with Gasteiger partial charge in [-0.1, -0.05) is 24.6 Å². The quantitative estimate of drug-likeness (QED) is 0.544. The smallest absolute Gasteiger partial charge is 0.133 e. The molecule has 0 aromatic carbocycles. The molecule has 6 atom stereocenters. The summed E-state index contributed by atoms with van der Waals surface area (Å²) in [7, 11) is 0. The monoisotopic (exact) mass is 329 g/mol. The van der Waals surface area contributed by atoms with E-state index in [0.717, 1.165) is 49.1 Å². The van der Waals surface area contributed by atoms with Gasteiger partial charge in [-0.2, -0.15) is 0 Å². The average molecular weight is 329 g/mol. The van der Waals surface area contributed by atoms with Crippen LogP contribution in [0.1, 0.15) is 72.1 Å². The number of Topliss-reactive ketones (excluding diaryl/α,β-unsaturated/α-hetero) is 1. The van der Waals surface area contributed by atoms with Crippen LogP contribution >= 0.6 is 0 Å². The number of rotatable bonds is 1. The zero-order valence-electron chi connectivity index (χ0n) is 15.3. The van der Waals surface area contributed by atoms with Gasteiger partial charge in [-0.05, 0) is 93.0 Å². The van der Waals surface area contributed by atoms with Crippen LogP contribution in [0.15, 0.2) is 16.8 Å². The molecular formula is C21H31NO2. The van der Waals surface area contributed by atoms with Crippen molar-refractivity contribution in [3.63, 3.8) is 0 Å². The lowest BCUT2D eigenvalue weighted by atomic mass is 9.46. The molecule has 132 valence electrons. The lowest BCUT2D eigenvalue weighted by Crippen LogP contribution is -2.51. The summed E-state index contributed by atoms with van der Waals surface area (Å²) >= 11 is 0. The number of nitrogens with zero attached hydrogens (tertiary/aromatic N) is 1. The fraction of sp³-hybridized carbons (Fsp3) is 0.810. The highest BCUT2D eigenvalue weighted by Gasteiger charge is 2.59. The molecule has 3 nitrogen and oxygen atoms in total. The van der Waals surface area contributed by atoms with E-state index in [0.29, 0.717) is 11.7 Å². The fourth-order valence-electron chi connectivity index (χ4n) is 7.32. The first-order chi connectivity index (χ1) is 11.4. The molecule has 4 rings (SSSR count). The van der Waals surface area contributed by atoms with E-state index < -0.39 is 0 Å². The second-order valence-corrected chi connectivity index (χ2v) is 9.38. The molecule has 6 unspecified atom stereocenters. The molecule has 3 heteroatoms. The summed E-state index contributed by atoms with van der Waals surface area (Å²) in [5, 5.41) is 12.6. The van der Waals surface area contributed by atoms with Crippen molar-refractivity contribution in [2.24, 2.45) is 39.7 Å². The molecule has 0 aromatic rings. The van der Waals surface area contributed by atoms with Crippen molar-refractivity contribution in [3.05, 3.63) is 11.6 Å². The molecule has 1 N–H and O–H groups in total. The van der Waals surface area contributed by atoms with Crippen LogP contribution in [0.4, 0.5) is 0 Å². The molecule has 3 saturated carbocycles. The van der Waals surface area contributed by atoms with Gasteiger partial charge in [0.15, 0.2) is 0 Å². The molecule has 0 bridgehead atoms. The topological polar surface area (TPSA) is 49.7 Å². The predicted molar refractivity (Wildman–Crippen MR) is 95.1 cm³/mol. The Morgan fingerprint density at radius 3 is 2.62 bits per heavy atom. The average Bonchev–Trinajstić information content (AvgIpc) is 2.91. The summed E-state index contributed by atoms with van der Waals surface area (Å²) in [5.74, 6) is 2.98. The Bertz CT molecular complexity index is 621. The summed E-state index contributed by atoms with van der Waals surface area (Å²) in [6, 6.07) is 0. The second kappa shape index (κ2) is 5.44. The number of carbonyl (C=O) groups excluding carboxylic acids is 1. The van der Waals surface area contributed by atoms with E-state index in [1.165, 1.54) is 31.3 Å². The second-order valence-electron chi connectivity index (χ2n) is 9.38. The van der Waals surface area contributed by atoms with Gasteiger partial charge in [-0.15, -0.1) is 0 Å². The van der Waals surface area contributed by atoms with Crippen molar-refractivity contribution in [1.82, 2.24) is 0 Å². The van der Waals surface area contributed by atoms with E-state index in [1.54, 1.807) is 0 Å². The first-order valence-corrected chi connectivity index (χ1v) is 9.82.